The van der Waals surface area contributed by atoms with Crippen LogP contribution in [0.2, 0.25) is 0 Å². The lowest BCUT2D eigenvalue weighted by molar-refractivity contribution is 0.0981. The molecule has 0 bridgehead atoms. The number of nitrogens with zero attached hydrogens (tertiary/aromatic N) is 2. The fourth-order valence-corrected chi connectivity index (χ4v) is 2.59. The van der Waals surface area contributed by atoms with Crippen molar-refractivity contribution in [3.05, 3.63) is 59.8 Å². The lowest BCUT2D eigenvalue weighted by Crippen LogP contribution is -2.23. The minimum atomic E-state index is -3.79. The van der Waals surface area contributed by atoms with E-state index in [-0.39, 0.29) is 21.8 Å². The predicted molar refractivity (Wildman–Crippen MR) is 80.2 cm³/mol. The third-order valence-corrected chi connectivity index (χ3v) is 4.10. The van der Waals surface area contributed by atoms with E-state index in [1.165, 1.54) is 36.8 Å². The van der Waals surface area contributed by atoms with Crippen LogP contribution in [-0.2, 0) is 10.0 Å². The molecule has 23 heavy (non-hydrogen) atoms. The topological polar surface area (TPSA) is 132 Å². The maximum atomic E-state index is 12.3. The first-order valence-electron chi connectivity index (χ1n) is 6.37. The number of aromatic nitrogens is 2. The molecule has 8 nitrogen and oxygen atoms in total. The van der Waals surface area contributed by atoms with E-state index in [1.54, 1.807) is 0 Å². The van der Waals surface area contributed by atoms with Gasteiger partial charge in [0.05, 0.1) is 16.2 Å². The molecule has 0 saturated heterocycles. The first-order valence-corrected chi connectivity index (χ1v) is 7.91. The van der Waals surface area contributed by atoms with Crippen LogP contribution in [0.4, 0.5) is 5.69 Å². The van der Waals surface area contributed by atoms with E-state index in [2.05, 4.69) is 15.3 Å². The lowest BCUT2D eigenvalue weighted by atomic mass is 9.98. The van der Waals surface area contributed by atoms with Crippen LogP contribution in [0.3, 0.4) is 0 Å². The number of primary sulfonamides is 1. The molecule has 0 fully saturated rings. The van der Waals surface area contributed by atoms with E-state index >= 15 is 0 Å². The van der Waals surface area contributed by atoms with Gasteiger partial charge in [0.15, 0.2) is 0 Å². The molecule has 0 spiro atoms. The number of Topliss-reactive ketones (excluding diaryl/α,β-unsaturated/α-hetero) is 1. The number of fused-ring (bicyclic) bond motifs is 1. The normalized spacial score (nSPS) is 14.2. The van der Waals surface area contributed by atoms with Gasteiger partial charge < -0.3 is 5.32 Å². The highest BCUT2D eigenvalue weighted by Crippen LogP contribution is 2.21. The van der Waals surface area contributed by atoms with Crippen LogP contribution in [0.15, 0.2) is 53.5 Å². The van der Waals surface area contributed by atoms with Gasteiger partial charge in [-0.05, 0) is 24.3 Å². The highest BCUT2D eigenvalue weighted by molar-refractivity contribution is 7.89. The van der Waals surface area contributed by atoms with Crippen LogP contribution in [0.5, 0.6) is 0 Å². The number of nitrogens with one attached hydrogen (secondary N) is 1. The van der Waals surface area contributed by atoms with E-state index in [9.17, 15) is 18.0 Å². The third kappa shape index (κ3) is 2.87. The summed E-state index contributed by atoms with van der Waals surface area (Å²) in [4.78, 5) is 31.8. The molecule has 0 saturated carbocycles. The summed E-state index contributed by atoms with van der Waals surface area (Å²) in [6.45, 7) is 0. The van der Waals surface area contributed by atoms with Crippen LogP contribution in [0, 0.1) is 0 Å². The Kier molecular flexibility index (Phi) is 3.51. The number of ketones is 2. The molecule has 3 N–H and O–H groups in total. The highest BCUT2D eigenvalue weighted by atomic mass is 32.2. The van der Waals surface area contributed by atoms with Gasteiger partial charge in [0.2, 0.25) is 21.6 Å². The van der Waals surface area contributed by atoms with Crippen molar-refractivity contribution in [1.82, 2.24) is 9.97 Å². The van der Waals surface area contributed by atoms with Gasteiger partial charge in [0.1, 0.15) is 12.0 Å². The molecule has 9 heteroatoms. The summed E-state index contributed by atoms with van der Waals surface area (Å²) in [7, 11) is -3.79. The monoisotopic (exact) mass is 330 g/mol. The minimum Gasteiger partial charge on any atom is -0.352 e. The van der Waals surface area contributed by atoms with Crippen molar-refractivity contribution >= 4 is 27.3 Å². The number of rotatable bonds is 3. The summed E-state index contributed by atoms with van der Waals surface area (Å²) >= 11 is 0. The Morgan fingerprint density at radius 3 is 2.43 bits per heavy atom. The van der Waals surface area contributed by atoms with E-state index < -0.39 is 21.6 Å². The molecule has 1 aromatic carbocycles. The van der Waals surface area contributed by atoms with Crippen molar-refractivity contribution in [3.63, 3.8) is 0 Å². The zero-order chi connectivity index (χ0) is 16.6. The van der Waals surface area contributed by atoms with Gasteiger partial charge in [-0.15, -0.1) is 0 Å². The summed E-state index contributed by atoms with van der Waals surface area (Å²) in [5.74, 6) is -0.832. The zero-order valence-corrected chi connectivity index (χ0v) is 12.4. The third-order valence-electron chi connectivity index (χ3n) is 3.17. The summed E-state index contributed by atoms with van der Waals surface area (Å²) in [5, 5.41) is 7.79. The lowest BCUT2D eigenvalue weighted by Gasteiger charge is -2.15. The van der Waals surface area contributed by atoms with Crippen LogP contribution < -0.4 is 10.5 Å². The molecule has 0 unspecified atom stereocenters. The number of sulfonamides is 1. The molecule has 1 aliphatic carbocycles. The van der Waals surface area contributed by atoms with Crippen molar-refractivity contribution in [2.45, 2.75) is 4.90 Å². The van der Waals surface area contributed by atoms with E-state index in [1.807, 2.05) is 0 Å². The van der Waals surface area contributed by atoms with Gasteiger partial charge in [0.25, 0.3) is 0 Å². The summed E-state index contributed by atoms with van der Waals surface area (Å²) in [6, 6.07) is 5.47. The fourth-order valence-electron chi connectivity index (χ4n) is 2.08. The van der Waals surface area contributed by atoms with Gasteiger partial charge in [0, 0.05) is 18.0 Å². The number of anilines is 1. The number of benzene rings is 1. The molecule has 0 amide bonds. The molecule has 1 aromatic heterocycles. The Hall–Kier alpha value is -2.91. The summed E-state index contributed by atoms with van der Waals surface area (Å²) in [6.07, 6.45) is 3.62. The quantitative estimate of drug-likeness (QED) is 0.837. The average molecular weight is 330 g/mol. The predicted octanol–water partition coefficient (Wildman–Crippen LogP) is 0.499. The van der Waals surface area contributed by atoms with Crippen LogP contribution in [0.1, 0.15) is 20.8 Å². The number of nitrogens with two attached hydrogens (primary N) is 1. The van der Waals surface area contributed by atoms with E-state index in [4.69, 9.17) is 5.14 Å². The fraction of sp³-hybridized carbons (Fsp3) is 0. The number of hydrogen-bond acceptors (Lipinski definition) is 7. The maximum Gasteiger partial charge on any atom is 0.238 e. The molecule has 2 aromatic rings. The van der Waals surface area contributed by atoms with Gasteiger partial charge >= 0.3 is 0 Å². The SMILES string of the molecule is NS(=O)(=O)c1ccc(NC2=CC(=O)c3ncncc3C2=O)cc1. The van der Waals surface area contributed by atoms with Crippen molar-refractivity contribution in [3.8, 4) is 0 Å². The highest BCUT2D eigenvalue weighted by Gasteiger charge is 2.27. The van der Waals surface area contributed by atoms with Crippen LogP contribution in [0.25, 0.3) is 0 Å². The molecular formula is C14H10N4O4S. The number of allylic oxidation sites excluding steroid dienone is 2. The second-order valence-corrected chi connectivity index (χ2v) is 6.29. The maximum absolute atomic E-state index is 12.3. The standard InChI is InChI=1S/C14H10N4O4S/c15-23(21,22)9-3-1-8(2-4-9)18-11-5-12(19)13-10(14(11)20)6-16-7-17-13/h1-7,18H,(H2,15,21,22). The second kappa shape index (κ2) is 5.38. The van der Waals surface area contributed by atoms with Crippen molar-refractivity contribution in [2.24, 2.45) is 5.14 Å². The number of carbonyl (C=O) groups excluding carboxylic acids is 2. The Morgan fingerprint density at radius 1 is 1.09 bits per heavy atom. The molecule has 0 atom stereocenters. The molecule has 1 aliphatic rings. The van der Waals surface area contributed by atoms with Crippen molar-refractivity contribution in [2.75, 3.05) is 5.32 Å². The molecule has 0 radical (unpaired) electrons. The summed E-state index contributed by atoms with van der Waals surface area (Å²) < 4.78 is 22.4. The van der Waals surface area contributed by atoms with Crippen LogP contribution >= 0.6 is 0 Å². The van der Waals surface area contributed by atoms with Gasteiger partial charge in [-0.1, -0.05) is 0 Å². The van der Waals surface area contributed by atoms with E-state index in [0.717, 1.165) is 6.08 Å². The molecule has 0 aliphatic heterocycles. The number of hydrogen-bond donors (Lipinski definition) is 2. The van der Waals surface area contributed by atoms with Gasteiger partial charge in [-0.2, -0.15) is 0 Å². The van der Waals surface area contributed by atoms with E-state index in [0.29, 0.717) is 5.69 Å². The molecule has 116 valence electrons. The van der Waals surface area contributed by atoms with Crippen molar-refractivity contribution in [1.29, 1.82) is 0 Å². The van der Waals surface area contributed by atoms with Crippen molar-refractivity contribution < 1.29 is 18.0 Å². The largest absolute Gasteiger partial charge is 0.352 e. The molecule has 1 heterocycles. The minimum absolute atomic E-state index is 0.0539. The number of carbonyl (C=O) groups is 2. The second-order valence-electron chi connectivity index (χ2n) is 4.73. The Balaban J connectivity index is 1.90. The van der Waals surface area contributed by atoms with Crippen LogP contribution in [-0.4, -0.2) is 30.0 Å². The Labute approximate surface area is 131 Å². The zero-order valence-electron chi connectivity index (χ0n) is 11.6. The molecular weight excluding hydrogens is 320 g/mol. The smallest absolute Gasteiger partial charge is 0.238 e. The first kappa shape index (κ1) is 15.0. The summed E-state index contributed by atoms with van der Waals surface area (Å²) in [5.41, 5.74) is 0.662. The first-order chi connectivity index (χ1) is 10.9. The van der Waals surface area contributed by atoms with Gasteiger partial charge in [-0.3, -0.25) is 9.59 Å². The Bertz CT molecular complexity index is 949. The molecule has 3 rings (SSSR count). The van der Waals surface area contributed by atoms with Gasteiger partial charge in [-0.25, -0.2) is 23.5 Å². The average Bonchev–Trinajstić information content (AvgIpc) is 2.52. The Morgan fingerprint density at radius 2 is 1.78 bits per heavy atom.